The van der Waals surface area contributed by atoms with Crippen LogP contribution in [0.3, 0.4) is 0 Å². The Bertz CT molecular complexity index is 525. The number of rotatable bonds is 9. The predicted molar refractivity (Wildman–Crippen MR) is 90.5 cm³/mol. The number of nitrogens with one attached hydrogen (secondary N) is 1. The van der Waals surface area contributed by atoms with E-state index in [4.69, 9.17) is 0 Å². The van der Waals surface area contributed by atoms with Gasteiger partial charge in [0.2, 0.25) is 0 Å². The van der Waals surface area contributed by atoms with Gasteiger partial charge >= 0.3 is 0 Å². The molecule has 1 rings (SSSR count). The minimum Gasteiger partial charge on any atom is -0.381 e. The second kappa shape index (κ2) is 8.39. The summed E-state index contributed by atoms with van der Waals surface area (Å²) in [6.07, 6.45) is 0. The van der Waals surface area contributed by atoms with Crippen molar-refractivity contribution >= 4 is 15.5 Å². The van der Waals surface area contributed by atoms with Gasteiger partial charge in [-0.25, -0.2) is 8.42 Å². The van der Waals surface area contributed by atoms with Crippen LogP contribution in [0, 0.1) is 0 Å². The monoisotopic (exact) mass is 312 g/mol. The highest BCUT2D eigenvalue weighted by Crippen LogP contribution is 2.18. The summed E-state index contributed by atoms with van der Waals surface area (Å²) in [5.41, 5.74) is 2.24. The molecule has 0 radical (unpaired) electrons. The van der Waals surface area contributed by atoms with Gasteiger partial charge in [0.1, 0.15) is 0 Å². The summed E-state index contributed by atoms with van der Waals surface area (Å²) in [5, 5.41) is 3.35. The standard InChI is InChI=1S/C16H28N2O2S/c1-5-18(6-2)12-15-10-8-9-11-16(15)17-14(4)13-21(19,20)7-3/h8-11,14,17H,5-7,12-13H2,1-4H3. The lowest BCUT2D eigenvalue weighted by atomic mass is 10.1. The molecular formula is C16H28N2O2S. The smallest absolute Gasteiger partial charge is 0.152 e. The van der Waals surface area contributed by atoms with Crippen molar-refractivity contribution < 1.29 is 8.42 Å². The fourth-order valence-electron chi connectivity index (χ4n) is 2.29. The Morgan fingerprint density at radius 2 is 1.76 bits per heavy atom. The molecule has 0 saturated carbocycles. The van der Waals surface area contributed by atoms with Crippen molar-refractivity contribution in [1.82, 2.24) is 4.90 Å². The largest absolute Gasteiger partial charge is 0.381 e. The second-order valence-corrected chi connectivity index (χ2v) is 7.76. The fraction of sp³-hybridized carbons (Fsp3) is 0.625. The third kappa shape index (κ3) is 6.06. The van der Waals surface area contributed by atoms with Crippen LogP contribution >= 0.6 is 0 Å². The van der Waals surface area contributed by atoms with Gasteiger partial charge in [0.25, 0.3) is 0 Å². The molecule has 1 aromatic rings. The van der Waals surface area contributed by atoms with Crippen molar-refractivity contribution in [2.45, 2.75) is 40.3 Å². The molecule has 5 heteroatoms. The Hall–Kier alpha value is -1.07. The number of sulfone groups is 1. The Kier molecular flexibility index (Phi) is 7.18. The molecule has 1 aromatic carbocycles. The van der Waals surface area contributed by atoms with Gasteiger partial charge in [0.05, 0.1) is 5.75 Å². The van der Waals surface area contributed by atoms with Crippen LogP contribution in [0.2, 0.25) is 0 Å². The molecule has 21 heavy (non-hydrogen) atoms. The van der Waals surface area contributed by atoms with E-state index in [2.05, 4.69) is 30.1 Å². The average Bonchev–Trinajstić information content (AvgIpc) is 2.45. The summed E-state index contributed by atoms with van der Waals surface area (Å²) < 4.78 is 23.4. The average molecular weight is 312 g/mol. The Labute approximate surface area is 129 Å². The molecule has 0 bridgehead atoms. The zero-order valence-electron chi connectivity index (χ0n) is 13.6. The molecule has 120 valence electrons. The van der Waals surface area contributed by atoms with E-state index in [1.54, 1.807) is 6.92 Å². The highest BCUT2D eigenvalue weighted by atomic mass is 32.2. The van der Waals surface area contributed by atoms with E-state index in [0.29, 0.717) is 0 Å². The topological polar surface area (TPSA) is 49.4 Å². The van der Waals surface area contributed by atoms with E-state index >= 15 is 0 Å². The predicted octanol–water partition coefficient (Wildman–Crippen LogP) is 2.76. The first-order chi connectivity index (χ1) is 9.91. The number of anilines is 1. The first kappa shape index (κ1) is 18.0. The summed E-state index contributed by atoms with van der Waals surface area (Å²) in [7, 11) is -2.96. The summed E-state index contributed by atoms with van der Waals surface area (Å²) in [4.78, 5) is 2.34. The maximum Gasteiger partial charge on any atom is 0.152 e. The van der Waals surface area contributed by atoms with E-state index in [0.717, 1.165) is 25.3 Å². The van der Waals surface area contributed by atoms with E-state index in [1.165, 1.54) is 5.56 Å². The number of nitrogens with zero attached hydrogens (tertiary/aromatic N) is 1. The second-order valence-electron chi connectivity index (χ2n) is 5.36. The van der Waals surface area contributed by atoms with Crippen LogP contribution in [0.4, 0.5) is 5.69 Å². The van der Waals surface area contributed by atoms with Crippen molar-refractivity contribution in [3.05, 3.63) is 29.8 Å². The molecule has 0 aromatic heterocycles. The molecule has 1 unspecified atom stereocenters. The molecule has 0 heterocycles. The molecule has 0 amide bonds. The lowest BCUT2D eigenvalue weighted by Crippen LogP contribution is -2.28. The maximum atomic E-state index is 11.7. The molecule has 0 spiro atoms. The summed E-state index contributed by atoms with van der Waals surface area (Å²) in [6.45, 7) is 10.8. The van der Waals surface area contributed by atoms with Gasteiger partial charge in [-0.2, -0.15) is 0 Å². The minimum atomic E-state index is -2.96. The Morgan fingerprint density at radius 3 is 2.33 bits per heavy atom. The molecule has 0 saturated heterocycles. The number of benzene rings is 1. The molecule has 0 aliphatic carbocycles. The lowest BCUT2D eigenvalue weighted by molar-refractivity contribution is 0.296. The summed E-state index contributed by atoms with van der Waals surface area (Å²) in [6, 6.07) is 8.04. The number of hydrogen-bond acceptors (Lipinski definition) is 4. The zero-order valence-corrected chi connectivity index (χ0v) is 14.4. The first-order valence-corrected chi connectivity index (χ1v) is 9.51. The van der Waals surface area contributed by atoms with E-state index in [9.17, 15) is 8.42 Å². The van der Waals surface area contributed by atoms with Crippen LogP contribution in [0.25, 0.3) is 0 Å². The first-order valence-electron chi connectivity index (χ1n) is 7.69. The van der Waals surface area contributed by atoms with Crippen LogP contribution in [0.15, 0.2) is 24.3 Å². The molecule has 1 atom stereocenters. The number of para-hydroxylation sites is 1. The van der Waals surface area contributed by atoms with Gasteiger partial charge in [0.15, 0.2) is 9.84 Å². The van der Waals surface area contributed by atoms with E-state index in [1.807, 2.05) is 25.1 Å². The number of hydrogen-bond donors (Lipinski definition) is 1. The van der Waals surface area contributed by atoms with Gasteiger partial charge in [-0.3, -0.25) is 4.90 Å². The van der Waals surface area contributed by atoms with Crippen LogP contribution in [-0.4, -0.2) is 44.0 Å². The van der Waals surface area contributed by atoms with Gasteiger partial charge in [-0.1, -0.05) is 39.0 Å². The van der Waals surface area contributed by atoms with Gasteiger partial charge in [-0.15, -0.1) is 0 Å². The molecular weight excluding hydrogens is 284 g/mol. The van der Waals surface area contributed by atoms with E-state index < -0.39 is 9.84 Å². The van der Waals surface area contributed by atoms with Crippen LogP contribution in [0.5, 0.6) is 0 Å². The fourth-order valence-corrected chi connectivity index (χ4v) is 3.37. The third-order valence-corrected chi connectivity index (χ3v) is 5.54. The Balaban J connectivity index is 2.79. The molecule has 1 N–H and O–H groups in total. The highest BCUT2D eigenvalue weighted by molar-refractivity contribution is 7.91. The van der Waals surface area contributed by atoms with Crippen molar-refractivity contribution in [2.24, 2.45) is 0 Å². The SMILES string of the molecule is CCN(CC)Cc1ccccc1NC(C)CS(=O)(=O)CC. The van der Waals surface area contributed by atoms with Gasteiger partial charge in [0, 0.05) is 24.0 Å². The van der Waals surface area contributed by atoms with E-state index in [-0.39, 0.29) is 17.5 Å². The molecule has 0 aliphatic rings. The molecule has 0 fully saturated rings. The molecule has 4 nitrogen and oxygen atoms in total. The van der Waals surface area contributed by atoms with Crippen molar-refractivity contribution in [2.75, 3.05) is 29.9 Å². The normalized spacial score (nSPS) is 13.4. The van der Waals surface area contributed by atoms with Gasteiger partial charge in [-0.05, 0) is 31.6 Å². The Morgan fingerprint density at radius 1 is 1.14 bits per heavy atom. The van der Waals surface area contributed by atoms with Crippen molar-refractivity contribution in [3.8, 4) is 0 Å². The quantitative estimate of drug-likeness (QED) is 0.762. The summed E-state index contributed by atoms with van der Waals surface area (Å²) >= 11 is 0. The summed E-state index contributed by atoms with van der Waals surface area (Å²) in [5.74, 6) is 0.364. The highest BCUT2D eigenvalue weighted by Gasteiger charge is 2.15. The van der Waals surface area contributed by atoms with Crippen LogP contribution in [0.1, 0.15) is 33.3 Å². The van der Waals surface area contributed by atoms with Crippen LogP contribution in [-0.2, 0) is 16.4 Å². The van der Waals surface area contributed by atoms with Gasteiger partial charge < -0.3 is 5.32 Å². The van der Waals surface area contributed by atoms with Crippen molar-refractivity contribution in [1.29, 1.82) is 0 Å². The minimum absolute atomic E-state index is 0.0900. The van der Waals surface area contributed by atoms with Crippen LogP contribution < -0.4 is 5.32 Å². The molecule has 0 aliphatic heterocycles. The van der Waals surface area contributed by atoms with Crippen molar-refractivity contribution in [3.63, 3.8) is 0 Å². The maximum absolute atomic E-state index is 11.7. The lowest BCUT2D eigenvalue weighted by Gasteiger charge is -2.22. The zero-order chi connectivity index (χ0) is 15.9. The third-order valence-electron chi connectivity index (χ3n) is 3.65.